The molecule has 0 bridgehead atoms. The second kappa shape index (κ2) is 7.29. The van der Waals surface area contributed by atoms with Crippen LogP contribution in [-0.2, 0) is 17.9 Å². The van der Waals surface area contributed by atoms with Gasteiger partial charge in [0.2, 0.25) is 0 Å². The van der Waals surface area contributed by atoms with E-state index in [4.69, 9.17) is 4.74 Å². The molecule has 21 heavy (non-hydrogen) atoms. The zero-order chi connectivity index (χ0) is 14.3. The molecule has 0 unspecified atom stereocenters. The van der Waals surface area contributed by atoms with Crippen molar-refractivity contribution < 1.29 is 4.74 Å². The summed E-state index contributed by atoms with van der Waals surface area (Å²) in [5.41, 5.74) is 2.32. The smallest absolute Gasteiger partial charge is 0.0892 e. The minimum Gasteiger partial charge on any atom is -0.371 e. The number of pyridine rings is 2. The van der Waals surface area contributed by atoms with Crippen molar-refractivity contribution in [2.75, 3.05) is 13.1 Å². The molecule has 0 N–H and O–H groups in total. The maximum atomic E-state index is 6.02. The van der Waals surface area contributed by atoms with Crippen LogP contribution in [0.5, 0.6) is 0 Å². The molecule has 2 aromatic heterocycles. The molecule has 3 rings (SSSR count). The predicted octanol–water partition coefficient (Wildman–Crippen LogP) is 2.66. The molecule has 110 valence electrons. The van der Waals surface area contributed by atoms with Gasteiger partial charge in [0.25, 0.3) is 0 Å². The summed E-state index contributed by atoms with van der Waals surface area (Å²) >= 11 is 0. The van der Waals surface area contributed by atoms with Crippen molar-refractivity contribution in [2.45, 2.75) is 32.1 Å². The van der Waals surface area contributed by atoms with Gasteiger partial charge in [0.05, 0.1) is 18.4 Å². The molecule has 1 aliphatic rings. The Morgan fingerprint density at radius 3 is 2.86 bits per heavy atom. The largest absolute Gasteiger partial charge is 0.371 e. The molecule has 1 aliphatic heterocycles. The summed E-state index contributed by atoms with van der Waals surface area (Å²) in [6.45, 7) is 3.72. The summed E-state index contributed by atoms with van der Waals surface area (Å²) in [6, 6.07) is 10.1. The fourth-order valence-corrected chi connectivity index (χ4v) is 2.73. The number of hydrogen-bond donors (Lipinski definition) is 0. The number of hydrogen-bond acceptors (Lipinski definition) is 4. The van der Waals surface area contributed by atoms with E-state index in [1.54, 1.807) is 0 Å². The van der Waals surface area contributed by atoms with E-state index in [2.05, 4.69) is 27.0 Å². The van der Waals surface area contributed by atoms with Crippen LogP contribution in [0.2, 0.25) is 0 Å². The number of likely N-dealkylation sites (tertiary alicyclic amines) is 1. The van der Waals surface area contributed by atoms with Crippen molar-refractivity contribution in [3.8, 4) is 0 Å². The average Bonchev–Trinajstić information content (AvgIpc) is 2.55. The molecule has 0 radical (unpaired) electrons. The summed E-state index contributed by atoms with van der Waals surface area (Å²) in [4.78, 5) is 10.8. The fraction of sp³-hybridized carbons (Fsp3) is 0.412. The summed E-state index contributed by atoms with van der Waals surface area (Å²) in [7, 11) is 0. The van der Waals surface area contributed by atoms with Crippen LogP contribution < -0.4 is 0 Å². The van der Waals surface area contributed by atoms with Gasteiger partial charge in [-0.1, -0.05) is 6.07 Å². The average molecular weight is 283 g/mol. The highest BCUT2D eigenvalue weighted by atomic mass is 16.5. The van der Waals surface area contributed by atoms with Crippen LogP contribution in [0.3, 0.4) is 0 Å². The first kappa shape index (κ1) is 14.2. The molecule has 4 nitrogen and oxygen atoms in total. The molecule has 2 aromatic rings. The first-order valence-corrected chi connectivity index (χ1v) is 7.53. The van der Waals surface area contributed by atoms with Gasteiger partial charge >= 0.3 is 0 Å². The fourth-order valence-electron chi connectivity index (χ4n) is 2.73. The zero-order valence-corrected chi connectivity index (χ0v) is 12.2. The van der Waals surface area contributed by atoms with Crippen LogP contribution in [0.1, 0.15) is 24.1 Å². The summed E-state index contributed by atoms with van der Waals surface area (Å²) in [6.07, 6.45) is 8.16. The van der Waals surface area contributed by atoms with E-state index in [9.17, 15) is 0 Å². The van der Waals surface area contributed by atoms with Gasteiger partial charge < -0.3 is 4.74 Å². The molecular formula is C17H21N3O. The Kier molecular flexibility index (Phi) is 4.92. The van der Waals surface area contributed by atoms with Gasteiger partial charge in [0.15, 0.2) is 0 Å². The van der Waals surface area contributed by atoms with E-state index in [1.807, 2.05) is 36.8 Å². The number of piperidine rings is 1. The normalized spacial score (nSPS) is 19.5. The minimum atomic E-state index is 0.308. The lowest BCUT2D eigenvalue weighted by molar-refractivity contribution is -0.0132. The second-order valence-electron chi connectivity index (χ2n) is 5.49. The number of ether oxygens (including phenoxy) is 1. The number of rotatable bonds is 5. The zero-order valence-electron chi connectivity index (χ0n) is 12.2. The molecule has 0 spiro atoms. The van der Waals surface area contributed by atoms with Crippen LogP contribution in [0, 0.1) is 0 Å². The summed E-state index contributed by atoms with van der Waals surface area (Å²) in [5.74, 6) is 0. The molecule has 1 saturated heterocycles. The highest BCUT2D eigenvalue weighted by molar-refractivity contribution is 5.09. The monoisotopic (exact) mass is 283 g/mol. The van der Waals surface area contributed by atoms with Gasteiger partial charge in [-0.2, -0.15) is 0 Å². The van der Waals surface area contributed by atoms with Crippen molar-refractivity contribution in [3.63, 3.8) is 0 Å². The van der Waals surface area contributed by atoms with Gasteiger partial charge in [-0.15, -0.1) is 0 Å². The van der Waals surface area contributed by atoms with Crippen LogP contribution >= 0.6 is 0 Å². The van der Waals surface area contributed by atoms with Crippen molar-refractivity contribution in [1.29, 1.82) is 0 Å². The third-order valence-electron chi connectivity index (χ3n) is 3.81. The molecule has 0 aliphatic carbocycles. The molecule has 4 heteroatoms. The second-order valence-corrected chi connectivity index (χ2v) is 5.49. The first-order chi connectivity index (χ1) is 10.4. The van der Waals surface area contributed by atoms with E-state index in [0.717, 1.165) is 31.7 Å². The molecule has 1 fully saturated rings. The maximum absolute atomic E-state index is 6.02. The Hall–Kier alpha value is -1.78. The Labute approximate surface area is 125 Å². The molecule has 0 amide bonds. The van der Waals surface area contributed by atoms with Crippen LogP contribution in [0.15, 0.2) is 48.9 Å². The molecule has 1 atom stereocenters. The third kappa shape index (κ3) is 4.34. The molecule has 0 saturated carbocycles. The van der Waals surface area contributed by atoms with Crippen LogP contribution in [0.4, 0.5) is 0 Å². The first-order valence-electron chi connectivity index (χ1n) is 7.53. The SMILES string of the molecule is c1ccc(CO[C@H]2CCCN(Cc3ccncc3)C2)nc1. The van der Waals surface area contributed by atoms with Crippen molar-refractivity contribution in [2.24, 2.45) is 0 Å². The van der Waals surface area contributed by atoms with E-state index in [-0.39, 0.29) is 0 Å². The lowest BCUT2D eigenvalue weighted by Gasteiger charge is -2.32. The Morgan fingerprint density at radius 1 is 1.14 bits per heavy atom. The Bertz CT molecular complexity index is 532. The lowest BCUT2D eigenvalue weighted by atomic mass is 10.1. The van der Waals surface area contributed by atoms with Gasteiger partial charge in [-0.05, 0) is 49.2 Å². The van der Waals surface area contributed by atoms with E-state index < -0.39 is 0 Å². The van der Waals surface area contributed by atoms with E-state index in [1.165, 1.54) is 12.0 Å². The van der Waals surface area contributed by atoms with Crippen LogP contribution in [-0.4, -0.2) is 34.1 Å². The van der Waals surface area contributed by atoms with Crippen LogP contribution in [0.25, 0.3) is 0 Å². The maximum Gasteiger partial charge on any atom is 0.0892 e. The number of aromatic nitrogens is 2. The highest BCUT2D eigenvalue weighted by Gasteiger charge is 2.20. The van der Waals surface area contributed by atoms with Gasteiger partial charge in [0.1, 0.15) is 0 Å². The summed E-state index contributed by atoms with van der Waals surface area (Å²) in [5, 5.41) is 0. The Morgan fingerprint density at radius 2 is 2.05 bits per heavy atom. The third-order valence-corrected chi connectivity index (χ3v) is 3.81. The van der Waals surface area contributed by atoms with Gasteiger partial charge in [-0.3, -0.25) is 14.9 Å². The number of nitrogens with zero attached hydrogens (tertiary/aromatic N) is 3. The predicted molar refractivity (Wildman–Crippen MR) is 81.6 cm³/mol. The van der Waals surface area contributed by atoms with E-state index >= 15 is 0 Å². The molecule has 3 heterocycles. The van der Waals surface area contributed by atoms with Crippen molar-refractivity contribution in [3.05, 3.63) is 60.2 Å². The molecule has 0 aromatic carbocycles. The molecular weight excluding hydrogens is 262 g/mol. The van der Waals surface area contributed by atoms with Crippen molar-refractivity contribution in [1.82, 2.24) is 14.9 Å². The van der Waals surface area contributed by atoms with Crippen molar-refractivity contribution >= 4 is 0 Å². The Balaban J connectivity index is 1.49. The standard InChI is InChI=1S/C17H21N3O/c1-2-8-19-16(4-1)14-21-17-5-3-11-20(13-17)12-15-6-9-18-10-7-15/h1-2,4,6-10,17H,3,5,11-14H2/t17-/m0/s1. The van der Waals surface area contributed by atoms with Gasteiger partial charge in [-0.25, -0.2) is 0 Å². The highest BCUT2D eigenvalue weighted by Crippen LogP contribution is 2.16. The quantitative estimate of drug-likeness (QED) is 0.845. The summed E-state index contributed by atoms with van der Waals surface area (Å²) < 4.78 is 6.02. The topological polar surface area (TPSA) is 38.2 Å². The van der Waals surface area contributed by atoms with E-state index in [0.29, 0.717) is 12.7 Å². The van der Waals surface area contributed by atoms with Gasteiger partial charge in [0, 0.05) is 31.7 Å². The minimum absolute atomic E-state index is 0.308. The lowest BCUT2D eigenvalue weighted by Crippen LogP contribution is -2.39.